The zero-order valence-electron chi connectivity index (χ0n) is 4.37. The number of ether oxygens (including phenoxy) is 2. The van der Waals surface area contributed by atoms with E-state index < -0.39 is 0 Å². The van der Waals surface area contributed by atoms with E-state index in [4.69, 9.17) is 9.47 Å². The molecule has 0 atom stereocenters. The van der Waals surface area contributed by atoms with E-state index in [2.05, 4.69) is 5.18 Å². The predicted molar refractivity (Wildman–Crippen MR) is 33.5 cm³/mol. The minimum absolute atomic E-state index is 0. The number of nitroso groups, excluding NO2 is 1. The van der Waals surface area contributed by atoms with E-state index in [0.29, 0.717) is 20.0 Å². The predicted octanol–water partition coefficient (Wildman–Crippen LogP) is -0.523. The summed E-state index contributed by atoms with van der Waals surface area (Å²) in [4.78, 5) is 9.75. The Morgan fingerprint density at radius 3 is 2.22 bits per heavy atom. The summed E-state index contributed by atoms with van der Waals surface area (Å²) in [7, 11) is 0. The molecule has 1 fully saturated rings. The van der Waals surface area contributed by atoms with Crippen molar-refractivity contribution in [2.24, 2.45) is 5.18 Å². The zero-order chi connectivity index (χ0) is 5.82. The van der Waals surface area contributed by atoms with Gasteiger partial charge >= 0.3 is 29.6 Å². The third-order valence-corrected chi connectivity index (χ3v) is 0.936. The summed E-state index contributed by atoms with van der Waals surface area (Å²) in [6, 6.07) is -0.288. The van der Waals surface area contributed by atoms with Gasteiger partial charge in [0.1, 0.15) is 12.8 Å². The molecule has 5 heteroatoms. The summed E-state index contributed by atoms with van der Waals surface area (Å²) >= 11 is 0. The van der Waals surface area contributed by atoms with Gasteiger partial charge in [0.15, 0.2) is 0 Å². The molecule has 0 spiro atoms. The number of hydrogen-bond donors (Lipinski definition) is 0. The van der Waals surface area contributed by atoms with Gasteiger partial charge in [0.25, 0.3) is 0 Å². The number of hydrogen-bond acceptors (Lipinski definition) is 4. The Balaban J connectivity index is 0.000000640. The summed E-state index contributed by atoms with van der Waals surface area (Å²) in [6.07, 6.45) is 0. The molecule has 0 aromatic heterocycles. The molecule has 0 radical (unpaired) electrons. The van der Waals surface area contributed by atoms with E-state index in [1.54, 1.807) is 0 Å². The van der Waals surface area contributed by atoms with Crippen LogP contribution in [0.5, 0.6) is 0 Å². The van der Waals surface area contributed by atoms with Crippen molar-refractivity contribution in [1.82, 2.24) is 0 Å². The molecule has 1 heterocycles. The Morgan fingerprint density at radius 1 is 1.33 bits per heavy atom. The van der Waals surface area contributed by atoms with Gasteiger partial charge in [-0.3, -0.25) is 0 Å². The Labute approximate surface area is 75.2 Å². The molecule has 0 aliphatic carbocycles. The fraction of sp³-hybridized carbons (Fsp3) is 1.00. The second-order valence-electron chi connectivity index (χ2n) is 1.62. The number of rotatable bonds is 1. The molecular weight excluding hydrogens is 133 g/mol. The third kappa shape index (κ3) is 3.27. The number of nitrogens with zero attached hydrogens (tertiary/aromatic N) is 1. The van der Waals surface area contributed by atoms with E-state index in [1.165, 1.54) is 0 Å². The summed E-state index contributed by atoms with van der Waals surface area (Å²) in [5, 5.41) is 2.75. The van der Waals surface area contributed by atoms with Gasteiger partial charge in [-0.05, 0) is 0 Å². The van der Waals surface area contributed by atoms with Crippen molar-refractivity contribution in [2.75, 3.05) is 20.0 Å². The first-order valence-electron chi connectivity index (χ1n) is 2.41. The van der Waals surface area contributed by atoms with Crippen LogP contribution in [0, 0.1) is 4.91 Å². The van der Waals surface area contributed by atoms with Crippen LogP contribution in [0.3, 0.4) is 0 Å². The Bertz CT molecular complexity index is 83.9. The molecule has 1 rings (SSSR count). The van der Waals surface area contributed by atoms with Gasteiger partial charge in [-0.1, -0.05) is 5.18 Å². The fourth-order valence-corrected chi connectivity index (χ4v) is 0.536. The average Bonchev–Trinajstić information content (AvgIpc) is 1.90. The SMILES string of the molecule is O=NC1COCOC1.[NaH]. The molecule has 48 valence electrons. The molecule has 4 nitrogen and oxygen atoms in total. The monoisotopic (exact) mass is 141 g/mol. The van der Waals surface area contributed by atoms with Crippen molar-refractivity contribution in [2.45, 2.75) is 6.04 Å². The van der Waals surface area contributed by atoms with E-state index in [0.717, 1.165) is 0 Å². The molecule has 0 aromatic rings. The van der Waals surface area contributed by atoms with Gasteiger partial charge in [0, 0.05) is 0 Å². The van der Waals surface area contributed by atoms with Gasteiger partial charge in [-0.25, -0.2) is 0 Å². The van der Waals surface area contributed by atoms with E-state index in [9.17, 15) is 4.91 Å². The van der Waals surface area contributed by atoms with E-state index >= 15 is 0 Å². The summed E-state index contributed by atoms with van der Waals surface area (Å²) < 4.78 is 9.51. The van der Waals surface area contributed by atoms with Crippen molar-refractivity contribution in [1.29, 1.82) is 0 Å². The molecule has 1 aliphatic heterocycles. The topological polar surface area (TPSA) is 47.9 Å². The standard InChI is InChI=1S/C4H7NO3.Na.H/c6-5-4-1-7-3-8-2-4;;/h4H,1-3H2;;. The molecule has 0 unspecified atom stereocenters. The second kappa shape index (κ2) is 5.32. The second-order valence-corrected chi connectivity index (χ2v) is 1.62. The summed E-state index contributed by atoms with van der Waals surface area (Å²) in [5.41, 5.74) is 0. The first-order chi connectivity index (χ1) is 3.93. The summed E-state index contributed by atoms with van der Waals surface area (Å²) in [5.74, 6) is 0. The fourth-order valence-electron chi connectivity index (χ4n) is 0.536. The van der Waals surface area contributed by atoms with E-state index in [-0.39, 0.29) is 35.6 Å². The van der Waals surface area contributed by atoms with Crippen LogP contribution in [0.25, 0.3) is 0 Å². The third-order valence-electron chi connectivity index (χ3n) is 0.936. The maximum absolute atomic E-state index is 9.75. The van der Waals surface area contributed by atoms with Gasteiger partial charge in [0.2, 0.25) is 0 Å². The normalized spacial score (nSPS) is 20.4. The van der Waals surface area contributed by atoms with Crippen molar-refractivity contribution in [3.05, 3.63) is 4.91 Å². The van der Waals surface area contributed by atoms with Crippen LogP contribution < -0.4 is 0 Å². The van der Waals surface area contributed by atoms with Crippen molar-refractivity contribution in [3.8, 4) is 0 Å². The Morgan fingerprint density at radius 2 is 1.89 bits per heavy atom. The van der Waals surface area contributed by atoms with Gasteiger partial charge in [0.05, 0.1) is 13.2 Å². The molecule has 0 N–H and O–H groups in total. The molecular formula is C4H8NNaO3. The molecule has 0 aromatic carbocycles. The molecule has 1 aliphatic rings. The molecule has 9 heavy (non-hydrogen) atoms. The van der Waals surface area contributed by atoms with Crippen LogP contribution in [0.1, 0.15) is 0 Å². The van der Waals surface area contributed by atoms with Gasteiger partial charge in [-0.15, -0.1) is 0 Å². The summed E-state index contributed by atoms with van der Waals surface area (Å²) in [6.45, 7) is 1.11. The van der Waals surface area contributed by atoms with Crippen molar-refractivity contribution < 1.29 is 9.47 Å². The molecule has 1 saturated heterocycles. The van der Waals surface area contributed by atoms with Gasteiger partial charge in [-0.2, -0.15) is 4.91 Å². The molecule has 0 bridgehead atoms. The van der Waals surface area contributed by atoms with Gasteiger partial charge < -0.3 is 9.47 Å². The Kier molecular flexibility index (Phi) is 5.62. The van der Waals surface area contributed by atoms with Crippen molar-refractivity contribution in [3.63, 3.8) is 0 Å². The van der Waals surface area contributed by atoms with Crippen LogP contribution in [0.2, 0.25) is 0 Å². The van der Waals surface area contributed by atoms with Crippen LogP contribution in [0.4, 0.5) is 0 Å². The molecule has 0 saturated carbocycles. The van der Waals surface area contributed by atoms with Crippen LogP contribution in [-0.4, -0.2) is 55.6 Å². The Hall–Kier alpha value is 0.520. The zero-order valence-corrected chi connectivity index (χ0v) is 4.37. The first kappa shape index (κ1) is 9.52. The first-order valence-corrected chi connectivity index (χ1v) is 2.41. The van der Waals surface area contributed by atoms with E-state index in [1.807, 2.05) is 0 Å². The van der Waals surface area contributed by atoms with Crippen molar-refractivity contribution >= 4 is 29.6 Å². The minimum atomic E-state index is -0.288. The molecule has 0 amide bonds. The van der Waals surface area contributed by atoms with Crippen LogP contribution in [0.15, 0.2) is 5.18 Å². The average molecular weight is 141 g/mol. The van der Waals surface area contributed by atoms with Crippen LogP contribution in [-0.2, 0) is 9.47 Å². The quantitative estimate of drug-likeness (QED) is 0.364. The maximum atomic E-state index is 9.75. The van der Waals surface area contributed by atoms with Crippen LogP contribution >= 0.6 is 0 Å².